The Kier molecular flexibility index (Phi) is 4.68. The Bertz CT molecular complexity index is 317. The molecule has 3 aliphatic heterocycles. The second-order valence-corrected chi connectivity index (χ2v) is 7.71. The molecule has 3 unspecified atom stereocenters. The molecule has 0 saturated carbocycles. The van der Waals surface area contributed by atoms with Crippen LogP contribution < -0.4 is 0 Å². The number of fused-ring (bicyclic) bond motifs is 1. The minimum atomic E-state index is 0.779. The van der Waals surface area contributed by atoms with E-state index in [1.54, 1.807) is 0 Å². The Morgan fingerprint density at radius 3 is 2.40 bits per heavy atom. The fourth-order valence-electron chi connectivity index (χ4n) is 4.65. The predicted molar refractivity (Wildman–Crippen MR) is 85.1 cm³/mol. The molecule has 0 radical (unpaired) electrons. The van der Waals surface area contributed by atoms with Crippen molar-refractivity contribution in [1.29, 1.82) is 0 Å². The van der Waals surface area contributed by atoms with Gasteiger partial charge in [0.15, 0.2) is 0 Å². The van der Waals surface area contributed by atoms with Gasteiger partial charge in [-0.15, -0.1) is 0 Å². The van der Waals surface area contributed by atoms with Gasteiger partial charge in [0.05, 0.1) is 0 Å². The lowest BCUT2D eigenvalue weighted by Crippen LogP contribution is -2.65. The lowest BCUT2D eigenvalue weighted by Gasteiger charge is -2.53. The van der Waals surface area contributed by atoms with Crippen LogP contribution in [0.3, 0.4) is 0 Å². The first-order valence-corrected chi connectivity index (χ1v) is 8.83. The van der Waals surface area contributed by atoms with Crippen LogP contribution in [0.5, 0.6) is 0 Å². The van der Waals surface area contributed by atoms with Crippen molar-refractivity contribution < 1.29 is 0 Å². The zero-order valence-corrected chi connectivity index (χ0v) is 13.7. The molecule has 0 aromatic carbocycles. The highest BCUT2D eigenvalue weighted by Gasteiger charge is 2.39. The number of piperidine rings is 2. The topological polar surface area (TPSA) is 9.72 Å². The summed E-state index contributed by atoms with van der Waals surface area (Å²) < 4.78 is 0. The highest BCUT2D eigenvalue weighted by Crippen LogP contribution is 2.30. The number of hydrogen-bond acceptors (Lipinski definition) is 3. The predicted octanol–water partition coefficient (Wildman–Crippen LogP) is 2.28. The lowest BCUT2D eigenvalue weighted by atomic mass is 9.89. The normalized spacial score (nSPS) is 38.1. The highest BCUT2D eigenvalue weighted by molar-refractivity contribution is 4.96. The molecule has 3 saturated heterocycles. The van der Waals surface area contributed by atoms with E-state index in [0.29, 0.717) is 0 Å². The van der Waals surface area contributed by atoms with Gasteiger partial charge in [-0.05, 0) is 51.7 Å². The Hall–Kier alpha value is -0.120. The molecule has 0 spiro atoms. The van der Waals surface area contributed by atoms with Crippen molar-refractivity contribution in [3.63, 3.8) is 0 Å². The van der Waals surface area contributed by atoms with Gasteiger partial charge in [0.1, 0.15) is 0 Å². The summed E-state index contributed by atoms with van der Waals surface area (Å²) in [4.78, 5) is 8.25. The van der Waals surface area contributed by atoms with Gasteiger partial charge in [-0.3, -0.25) is 9.80 Å². The van der Waals surface area contributed by atoms with Crippen molar-refractivity contribution in [1.82, 2.24) is 14.7 Å². The number of nitrogens with zero attached hydrogens (tertiary/aromatic N) is 3. The first-order valence-electron chi connectivity index (χ1n) is 8.83. The summed E-state index contributed by atoms with van der Waals surface area (Å²) in [5, 5.41) is 0. The quantitative estimate of drug-likeness (QED) is 0.768. The van der Waals surface area contributed by atoms with Crippen molar-refractivity contribution in [2.45, 2.75) is 64.1 Å². The molecular formula is C17H33N3. The maximum absolute atomic E-state index is 2.91. The van der Waals surface area contributed by atoms with E-state index >= 15 is 0 Å². The molecule has 0 aromatic rings. The first kappa shape index (κ1) is 14.8. The molecule has 3 fully saturated rings. The first-order chi connectivity index (χ1) is 9.65. The SMILES string of the molecule is CC(C)C1CN2CCCCC2CN1C1CCCN(C)C1. The monoisotopic (exact) mass is 279 g/mol. The fourth-order valence-corrected chi connectivity index (χ4v) is 4.65. The van der Waals surface area contributed by atoms with Gasteiger partial charge < -0.3 is 4.90 Å². The summed E-state index contributed by atoms with van der Waals surface area (Å²) in [7, 11) is 2.30. The average molecular weight is 279 g/mol. The van der Waals surface area contributed by atoms with Crippen LogP contribution in [-0.2, 0) is 0 Å². The van der Waals surface area contributed by atoms with Crippen molar-refractivity contribution in [2.75, 3.05) is 39.8 Å². The van der Waals surface area contributed by atoms with E-state index in [9.17, 15) is 0 Å². The minimum absolute atomic E-state index is 0.779. The van der Waals surface area contributed by atoms with Crippen LogP contribution in [0.25, 0.3) is 0 Å². The molecule has 3 nitrogen and oxygen atoms in total. The maximum Gasteiger partial charge on any atom is 0.0250 e. The molecule has 116 valence electrons. The number of piperazine rings is 1. The van der Waals surface area contributed by atoms with E-state index in [-0.39, 0.29) is 0 Å². The third-order valence-corrected chi connectivity index (χ3v) is 5.86. The van der Waals surface area contributed by atoms with Crippen LogP contribution in [0.15, 0.2) is 0 Å². The minimum Gasteiger partial charge on any atom is -0.305 e. The largest absolute Gasteiger partial charge is 0.305 e. The molecule has 3 heterocycles. The van der Waals surface area contributed by atoms with E-state index in [0.717, 1.165) is 24.0 Å². The van der Waals surface area contributed by atoms with Crippen LogP contribution in [-0.4, -0.2) is 72.6 Å². The Balaban J connectivity index is 1.72. The summed E-state index contributed by atoms with van der Waals surface area (Å²) >= 11 is 0. The van der Waals surface area contributed by atoms with Crippen LogP contribution in [0, 0.1) is 5.92 Å². The molecule has 20 heavy (non-hydrogen) atoms. The second kappa shape index (κ2) is 6.33. The van der Waals surface area contributed by atoms with Gasteiger partial charge in [0, 0.05) is 37.8 Å². The van der Waals surface area contributed by atoms with E-state index in [1.807, 2.05) is 0 Å². The number of rotatable bonds is 2. The van der Waals surface area contributed by atoms with Gasteiger partial charge in [0.25, 0.3) is 0 Å². The summed E-state index contributed by atoms with van der Waals surface area (Å²) in [6.07, 6.45) is 7.11. The van der Waals surface area contributed by atoms with Gasteiger partial charge in [-0.25, -0.2) is 0 Å². The zero-order chi connectivity index (χ0) is 14.1. The Morgan fingerprint density at radius 2 is 1.65 bits per heavy atom. The molecule has 0 aliphatic carbocycles. The van der Waals surface area contributed by atoms with Gasteiger partial charge in [0.2, 0.25) is 0 Å². The molecular weight excluding hydrogens is 246 g/mol. The third-order valence-electron chi connectivity index (χ3n) is 5.86. The maximum atomic E-state index is 2.91. The smallest absolute Gasteiger partial charge is 0.0250 e. The van der Waals surface area contributed by atoms with Crippen molar-refractivity contribution >= 4 is 0 Å². The lowest BCUT2D eigenvalue weighted by molar-refractivity contribution is -0.0435. The number of likely N-dealkylation sites (N-methyl/N-ethyl adjacent to an activating group) is 1. The van der Waals surface area contributed by atoms with Gasteiger partial charge in [-0.1, -0.05) is 20.3 Å². The average Bonchev–Trinajstić information content (AvgIpc) is 2.46. The summed E-state index contributed by atoms with van der Waals surface area (Å²) in [6.45, 7) is 11.4. The van der Waals surface area contributed by atoms with Crippen LogP contribution in [0.4, 0.5) is 0 Å². The molecule has 3 heteroatoms. The fraction of sp³-hybridized carbons (Fsp3) is 1.00. The van der Waals surface area contributed by atoms with Crippen molar-refractivity contribution in [3.8, 4) is 0 Å². The van der Waals surface area contributed by atoms with Crippen LogP contribution in [0.1, 0.15) is 46.0 Å². The van der Waals surface area contributed by atoms with Gasteiger partial charge in [-0.2, -0.15) is 0 Å². The number of hydrogen-bond donors (Lipinski definition) is 0. The molecule has 3 atom stereocenters. The van der Waals surface area contributed by atoms with Gasteiger partial charge >= 0.3 is 0 Å². The highest BCUT2D eigenvalue weighted by atomic mass is 15.3. The molecule has 0 N–H and O–H groups in total. The number of likely N-dealkylation sites (tertiary alicyclic amines) is 1. The van der Waals surface area contributed by atoms with Crippen molar-refractivity contribution in [2.24, 2.45) is 5.92 Å². The van der Waals surface area contributed by atoms with Crippen LogP contribution in [0.2, 0.25) is 0 Å². The van der Waals surface area contributed by atoms with E-state index < -0.39 is 0 Å². The second-order valence-electron chi connectivity index (χ2n) is 7.71. The molecule has 0 aromatic heterocycles. The van der Waals surface area contributed by atoms with E-state index in [4.69, 9.17) is 0 Å². The third kappa shape index (κ3) is 3.05. The molecule has 0 amide bonds. The standard InChI is InChI=1S/C17H33N3/c1-14(2)17-13-19-10-5-4-7-15(19)12-20(17)16-8-6-9-18(3)11-16/h14-17H,4-13H2,1-3H3. The summed E-state index contributed by atoms with van der Waals surface area (Å²) in [6, 6.07) is 2.44. The molecule has 3 aliphatic rings. The summed E-state index contributed by atoms with van der Waals surface area (Å²) in [5.41, 5.74) is 0. The Labute approximate surface area is 125 Å². The molecule has 0 bridgehead atoms. The van der Waals surface area contributed by atoms with Crippen LogP contribution >= 0.6 is 0 Å². The van der Waals surface area contributed by atoms with E-state index in [2.05, 4.69) is 35.6 Å². The molecule has 3 rings (SSSR count). The summed E-state index contributed by atoms with van der Waals surface area (Å²) in [5.74, 6) is 0.783. The zero-order valence-electron chi connectivity index (χ0n) is 13.7. The van der Waals surface area contributed by atoms with E-state index in [1.165, 1.54) is 64.8 Å². The Morgan fingerprint density at radius 1 is 0.850 bits per heavy atom. The van der Waals surface area contributed by atoms with Crippen molar-refractivity contribution in [3.05, 3.63) is 0 Å².